The van der Waals surface area contributed by atoms with Gasteiger partial charge in [-0.2, -0.15) is 0 Å². The van der Waals surface area contributed by atoms with Gasteiger partial charge >= 0.3 is 0 Å². The molecule has 0 aromatic rings. The van der Waals surface area contributed by atoms with E-state index in [9.17, 15) is 9.90 Å². The molecule has 3 atom stereocenters. The van der Waals surface area contributed by atoms with Crippen molar-refractivity contribution in [3.05, 3.63) is 23.8 Å². The van der Waals surface area contributed by atoms with Crippen LogP contribution in [0.1, 0.15) is 39.5 Å². The Morgan fingerprint density at radius 1 is 1.56 bits per heavy atom. The Labute approximate surface area is 97.0 Å². The van der Waals surface area contributed by atoms with Crippen molar-refractivity contribution in [2.75, 3.05) is 0 Å². The minimum atomic E-state index is -0.500. The van der Waals surface area contributed by atoms with Crippen molar-refractivity contribution in [1.29, 1.82) is 0 Å². The topological polar surface area (TPSA) is 37.3 Å². The normalized spacial score (nSPS) is 38.9. The Morgan fingerprint density at radius 3 is 2.88 bits per heavy atom. The molecule has 2 rings (SSSR count). The number of aliphatic hydroxyl groups excluding tert-OH is 1. The highest BCUT2D eigenvalue weighted by Gasteiger charge is 2.43. The number of carbonyl (C=O) groups is 1. The van der Waals surface area contributed by atoms with Gasteiger partial charge < -0.3 is 5.11 Å². The maximum atomic E-state index is 11.5. The average molecular weight is 220 g/mol. The molecule has 0 aromatic carbocycles. The molecule has 0 unspecified atom stereocenters. The second-order valence-corrected chi connectivity index (χ2v) is 5.56. The summed E-state index contributed by atoms with van der Waals surface area (Å²) in [4.78, 5) is 11.5. The molecular weight excluding hydrogens is 200 g/mol. The first-order chi connectivity index (χ1) is 7.44. The number of allylic oxidation sites excluding steroid dienone is 1. The summed E-state index contributed by atoms with van der Waals surface area (Å²) in [6.07, 6.45) is 4.74. The lowest BCUT2D eigenvalue weighted by Crippen LogP contribution is -2.41. The number of ketones is 1. The quantitative estimate of drug-likeness (QED) is 0.690. The van der Waals surface area contributed by atoms with Gasteiger partial charge in [0.25, 0.3) is 0 Å². The molecule has 0 bridgehead atoms. The highest BCUT2D eigenvalue weighted by atomic mass is 16.3. The van der Waals surface area contributed by atoms with E-state index >= 15 is 0 Å². The first-order valence-corrected chi connectivity index (χ1v) is 6.02. The van der Waals surface area contributed by atoms with Gasteiger partial charge in [-0.3, -0.25) is 4.79 Å². The number of hydrogen-bond acceptors (Lipinski definition) is 2. The van der Waals surface area contributed by atoms with Crippen LogP contribution in [0.15, 0.2) is 23.8 Å². The van der Waals surface area contributed by atoms with Gasteiger partial charge in [0.15, 0.2) is 5.78 Å². The smallest absolute Gasteiger partial charge is 0.155 e. The van der Waals surface area contributed by atoms with E-state index in [0.717, 1.165) is 30.4 Å². The van der Waals surface area contributed by atoms with Crippen LogP contribution in [-0.2, 0) is 4.79 Å². The van der Waals surface area contributed by atoms with Crippen molar-refractivity contribution in [2.24, 2.45) is 11.3 Å². The minimum Gasteiger partial charge on any atom is -0.388 e. The van der Waals surface area contributed by atoms with E-state index in [0.29, 0.717) is 6.42 Å². The van der Waals surface area contributed by atoms with E-state index in [2.05, 4.69) is 13.5 Å². The molecule has 1 fully saturated rings. The molecule has 0 radical (unpaired) electrons. The summed E-state index contributed by atoms with van der Waals surface area (Å²) in [6.45, 7) is 8.07. The van der Waals surface area contributed by atoms with Gasteiger partial charge in [-0.1, -0.05) is 19.1 Å². The molecule has 1 N–H and O–H groups in total. The van der Waals surface area contributed by atoms with Crippen molar-refractivity contribution < 1.29 is 9.90 Å². The van der Waals surface area contributed by atoms with Crippen molar-refractivity contribution in [2.45, 2.75) is 45.6 Å². The lowest BCUT2D eigenvalue weighted by atomic mass is 9.61. The number of carbonyl (C=O) groups excluding carboxylic acids is 1. The van der Waals surface area contributed by atoms with Crippen LogP contribution in [0.25, 0.3) is 0 Å². The van der Waals surface area contributed by atoms with E-state index in [1.807, 2.05) is 6.92 Å². The molecule has 0 amide bonds. The van der Waals surface area contributed by atoms with E-state index in [-0.39, 0.29) is 17.1 Å². The summed E-state index contributed by atoms with van der Waals surface area (Å²) >= 11 is 0. The zero-order chi connectivity index (χ0) is 11.9. The van der Waals surface area contributed by atoms with E-state index in [1.54, 1.807) is 6.08 Å². The molecule has 2 aliphatic carbocycles. The summed E-state index contributed by atoms with van der Waals surface area (Å²) in [6, 6.07) is 0. The zero-order valence-electron chi connectivity index (χ0n) is 10.1. The maximum Gasteiger partial charge on any atom is 0.155 e. The van der Waals surface area contributed by atoms with Gasteiger partial charge in [-0.15, -0.1) is 0 Å². The predicted molar refractivity (Wildman–Crippen MR) is 64.0 cm³/mol. The van der Waals surface area contributed by atoms with E-state index < -0.39 is 6.10 Å². The van der Waals surface area contributed by atoms with Crippen molar-refractivity contribution in [3.8, 4) is 0 Å². The second kappa shape index (κ2) is 3.85. The molecule has 0 aromatic heterocycles. The third-order valence-corrected chi connectivity index (χ3v) is 4.28. The fourth-order valence-corrected chi connectivity index (χ4v) is 3.04. The van der Waals surface area contributed by atoms with Crippen LogP contribution >= 0.6 is 0 Å². The summed E-state index contributed by atoms with van der Waals surface area (Å²) < 4.78 is 0. The largest absolute Gasteiger partial charge is 0.388 e. The van der Waals surface area contributed by atoms with Gasteiger partial charge in [0.1, 0.15) is 0 Å². The van der Waals surface area contributed by atoms with Crippen LogP contribution in [0.4, 0.5) is 0 Å². The third kappa shape index (κ3) is 1.75. The van der Waals surface area contributed by atoms with Gasteiger partial charge in [0.2, 0.25) is 0 Å². The first kappa shape index (κ1) is 11.6. The molecular formula is C14H20O2. The maximum absolute atomic E-state index is 11.5. The Bertz CT molecular complexity index is 367. The molecule has 2 aliphatic rings. The number of rotatable bonds is 1. The van der Waals surface area contributed by atoms with Gasteiger partial charge in [0, 0.05) is 12.3 Å². The fraction of sp³-hybridized carbons (Fsp3) is 0.643. The standard InChI is InChI=1S/C14H20O2/c1-9(2)11-5-7-14(3)6-4-10(15)8-12(14)13(11)16/h8,11,13,16H,1,4-7H2,2-3H3/t11-,13-,14-/m0/s1. The Hall–Kier alpha value is -0.890. The van der Waals surface area contributed by atoms with E-state index in [1.165, 1.54) is 0 Å². The van der Waals surface area contributed by atoms with Crippen LogP contribution in [0.3, 0.4) is 0 Å². The van der Waals surface area contributed by atoms with Crippen LogP contribution in [0.2, 0.25) is 0 Å². The van der Waals surface area contributed by atoms with Crippen molar-refractivity contribution >= 4 is 5.78 Å². The molecule has 88 valence electrons. The lowest BCUT2D eigenvalue weighted by molar-refractivity contribution is -0.116. The highest BCUT2D eigenvalue weighted by Crippen LogP contribution is 2.49. The zero-order valence-corrected chi connectivity index (χ0v) is 10.1. The molecule has 16 heavy (non-hydrogen) atoms. The molecule has 0 spiro atoms. The minimum absolute atomic E-state index is 0.0409. The highest BCUT2D eigenvalue weighted by molar-refractivity contribution is 5.91. The summed E-state index contributed by atoms with van der Waals surface area (Å²) in [5.74, 6) is 0.291. The Balaban J connectivity index is 2.34. The fourth-order valence-electron chi connectivity index (χ4n) is 3.04. The Morgan fingerprint density at radius 2 is 2.25 bits per heavy atom. The molecule has 2 heteroatoms. The molecule has 1 saturated carbocycles. The average Bonchev–Trinajstić information content (AvgIpc) is 2.20. The Kier molecular flexibility index (Phi) is 2.79. The molecule has 2 nitrogen and oxygen atoms in total. The SMILES string of the molecule is C=C(C)[C@@H]1CC[C@]2(C)CCC(=O)C=C2[C@H]1O. The third-order valence-electron chi connectivity index (χ3n) is 4.28. The number of hydrogen-bond donors (Lipinski definition) is 1. The summed E-state index contributed by atoms with van der Waals surface area (Å²) in [5.41, 5.74) is 2.01. The number of fused-ring (bicyclic) bond motifs is 1. The summed E-state index contributed by atoms with van der Waals surface area (Å²) in [5, 5.41) is 10.3. The van der Waals surface area contributed by atoms with Crippen molar-refractivity contribution in [3.63, 3.8) is 0 Å². The van der Waals surface area contributed by atoms with Gasteiger partial charge in [0.05, 0.1) is 6.10 Å². The number of aliphatic hydroxyl groups is 1. The molecule has 0 saturated heterocycles. The van der Waals surface area contributed by atoms with Crippen LogP contribution in [0.5, 0.6) is 0 Å². The monoisotopic (exact) mass is 220 g/mol. The van der Waals surface area contributed by atoms with Crippen LogP contribution in [-0.4, -0.2) is 17.0 Å². The first-order valence-electron chi connectivity index (χ1n) is 6.02. The summed E-state index contributed by atoms with van der Waals surface area (Å²) in [7, 11) is 0. The van der Waals surface area contributed by atoms with Gasteiger partial charge in [-0.05, 0) is 43.3 Å². The predicted octanol–water partition coefficient (Wildman–Crippen LogP) is 2.63. The van der Waals surface area contributed by atoms with Crippen molar-refractivity contribution in [1.82, 2.24) is 0 Å². The molecule has 0 heterocycles. The van der Waals surface area contributed by atoms with Crippen LogP contribution < -0.4 is 0 Å². The van der Waals surface area contributed by atoms with Crippen LogP contribution in [0, 0.1) is 11.3 Å². The van der Waals surface area contributed by atoms with Gasteiger partial charge in [-0.25, -0.2) is 0 Å². The molecule has 0 aliphatic heterocycles. The second-order valence-electron chi connectivity index (χ2n) is 5.56. The van der Waals surface area contributed by atoms with E-state index in [4.69, 9.17) is 0 Å². The lowest BCUT2D eigenvalue weighted by Gasteiger charge is -2.45.